The van der Waals surface area contributed by atoms with Crippen LogP contribution in [0.3, 0.4) is 0 Å². The van der Waals surface area contributed by atoms with Crippen molar-refractivity contribution in [1.82, 2.24) is 4.98 Å². The van der Waals surface area contributed by atoms with Crippen molar-refractivity contribution < 1.29 is 4.79 Å². The molecule has 2 heterocycles. The van der Waals surface area contributed by atoms with Gasteiger partial charge in [-0.2, -0.15) is 5.26 Å². The van der Waals surface area contributed by atoms with Crippen molar-refractivity contribution in [2.24, 2.45) is 0 Å². The van der Waals surface area contributed by atoms with E-state index in [1.165, 1.54) is 11.3 Å². The highest BCUT2D eigenvalue weighted by Crippen LogP contribution is 2.34. The van der Waals surface area contributed by atoms with Crippen molar-refractivity contribution in [3.63, 3.8) is 0 Å². The van der Waals surface area contributed by atoms with Gasteiger partial charge in [0.05, 0.1) is 22.3 Å². The summed E-state index contributed by atoms with van der Waals surface area (Å²) >= 11 is 1.45. The summed E-state index contributed by atoms with van der Waals surface area (Å²) in [6.45, 7) is 6.04. The van der Waals surface area contributed by atoms with E-state index in [1.54, 1.807) is 0 Å². The van der Waals surface area contributed by atoms with Gasteiger partial charge in [0, 0.05) is 15.8 Å². The molecule has 0 bridgehead atoms. The maximum Gasteiger partial charge on any atom is 0.257 e. The monoisotopic (exact) mass is 411 g/mol. The molecule has 0 unspecified atom stereocenters. The SMILES string of the molecule is CCc1c(C)sc(NC(=O)c2cc(-c3ccccc3C)nc3ccccc23)c1C#N. The van der Waals surface area contributed by atoms with Crippen LogP contribution in [0.15, 0.2) is 54.6 Å². The lowest BCUT2D eigenvalue weighted by atomic mass is 10.0. The van der Waals surface area contributed by atoms with Crippen molar-refractivity contribution in [3.8, 4) is 17.3 Å². The third kappa shape index (κ3) is 3.47. The Morgan fingerprint density at radius 1 is 1.13 bits per heavy atom. The Morgan fingerprint density at radius 2 is 1.87 bits per heavy atom. The lowest BCUT2D eigenvalue weighted by Crippen LogP contribution is -2.13. The summed E-state index contributed by atoms with van der Waals surface area (Å²) in [6.07, 6.45) is 0.761. The highest BCUT2D eigenvalue weighted by Gasteiger charge is 2.19. The Labute approximate surface area is 179 Å². The number of hydrogen-bond acceptors (Lipinski definition) is 4. The Bertz CT molecular complexity index is 1310. The predicted octanol–water partition coefficient (Wildman–Crippen LogP) is 6.27. The van der Waals surface area contributed by atoms with Crippen molar-refractivity contribution in [1.29, 1.82) is 5.26 Å². The number of thiophene rings is 1. The van der Waals surface area contributed by atoms with Gasteiger partial charge >= 0.3 is 0 Å². The zero-order chi connectivity index (χ0) is 21.3. The number of carbonyl (C=O) groups excluding carboxylic acids is 1. The molecule has 148 valence electrons. The summed E-state index contributed by atoms with van der Waals surface area (Å²) in [5.74, 6) is -0.233. The van der Waals surface area contributed by atoms with Gasteiger partial charge in [0.1, 0.15) is 11.1 Å². The van der Waals surface area contributed by atoms with Crippen LogP contribution in [0, 0.1) is 25.2 Å². The van der Waals surface area contributed by atoms with Crippen LogP contribution in [-0.4, -0.2) is 10.9 Å². The van der Waals surface area contributed by atoms with E-state index in [0.717, 1.165) is 44.6 Å². The first-order valence-corrected chi connectivity index (χ1v) is 10.6. The fourth-order valence-electron chi connectivity index (χ4n) is 3.74. The van der Waals surface area contributed by atoms with Gasteiger partial charge in [-0.05, 0) is 43.5 Å². The van der Waals surface area contributed by atoms with Crippen molar-refractivity contribution in [3.05, 3.63) is 81.7 Å². The predicted molar refractivity (Wildman–Crippen MR) is 123 cm³/mol. The van der Waals surface area contributed by atoms with E-state index in [9.17, 15) is 10.1 Å². The summed E-state index contributed by atoms with van der Waals surface area (Å²) in [5, 5.41) is 14.0. The number of anilines is 1. The van der Waals surface area contributed by atoms with Crippen molar-refractivity contribution in [2.75, 3.05) is 5.32 Å². The van der Waals surface area contributed by atoms with E-state index in [4.69, 9.17) is 4.98 Å². The first-order chi connectivity index (χ1) is 14.5. The minimum absolute atomic E-state index is 0.233. The van der Waals surface area contributed by atoms with E-state index in [0.29, 0.717) is 16.1 Å². The fourth-order valence-corrected chi connectivity index (χ4v) is 4.83. The lowest BCUT2D eigenvalue weighted by Gasteiger charge is -2.11. The molecule has 4 aromatic rings. The van der Waals surface area contributed by atoms with Gasteiger partial charge in [0.15, 0.2) is 0 Å². The molecule has 0 aliphatic rings. The second kappa shape index (κ2) is 8.10. The van der Waals surface area contributed by atoms with Crippen LogP contribution in [0.5, 0.6) is 0 Å². The molecule has 1 amide bonds. The summed E-state index contributed by atoms with van der Waals surface area (Å²) in [7, 11) is 0. The molecule has 0 atom stereocenters. The number of para-hydroxylation sites is 1. The standard InChI is InChI=1S/C25H21N3OS/c1-4-17-16(3)30-25(21(17)14-26)28-24(29)20-13-23(18-10-6-5-9-15(18)2)27-22-12-8-7-11-19(20)22/h5-13H,4H2,1-3H3,(H,28,29). The highest BCUT2D eigenvalue weighted by molar-refractivity contribution is 7.16. The molecule has 2 aromatic carbocycles. The molecule has 0 spiro atoms. The number of nitrogens with zero attached hydrogens (tertiary/aromatic N) is 2. The number of amides is 1. The molecule has 0 fully saturated rings. The Hall–Kier alpha value is -3.49. The molecule has 0 saturated heterocycles. The van der Waals surface area contributed by atoms with E-state index in [1.807, 2.05) is 75.4 Å². The highest BCUT2D eigenvalue weighted by atomic mass is 32.1. The number of fused-ring (bicyclic) bond motifs is 1. The third-order valence-electron chi connectivity index (χ3n) is 5.28. The zero-order valence-corrected chi connectivity index (χ0v) is 17.9. The second-order valence-corrected chi connectivity index (χ2v) is 8.37. The maximum atomic E-state index is 13.3. The van der Waals surface area contributed by atoms with Crippen LogP contribution in [-0.2, 0) is 6.42 Å². The van der Waals surface area contributed by atoms with E-state index < -0.39 is 0 Å². The minimum atomic E-state index is -0.233. The number of nitriles is 1. The van der Waals surface area contributed by atoms with Crippen molar-refractivity contribution >= 4 is 33.1 Å². The first kappa shape index (κ1) is 19.8. The summed E-state index contributed by atoms with van der Waals surface area (Å²) in [4.78, 5) is 19.2. The molecule has 5 heteroatoms. The molecule has 0 saturated carbocycles. The Morgan fingerprint density at radius 3 is 2.60 bits per heavy atom. The van der Waals surface area contributed by atoms with Gasteiger partial charge in [-0.25, -0.2) is 4.98 Å². The van der Waals surface area contributed by atoms with Crippen LogP contribution >= 0.6 is 11.3 Å². The molecule has 0 aliphatic carbocycles. The van der Waals surface area contributed by atoms with E-state index in [2.05, 4.69) is 11.4 Å². The molecular formula is C25H21N3OS. The van der Waals surface area contributed by atoms with Gasteiger partial charge in [0.2, 0.25) is 0 Å². The van der Waals surface area contributed by atoms with Gasteiger partial charge < -0.3 is 5.32 Å². The number of benzene rings is 2. The first-order valence-electron chi connectivity index (χ1n) is 9.83. The van der Waals surface area contributed by atoms with Crippen molar-refractivity contribution in [2.45, 2.75) is 27.2 Å². The lowest BCUT2D eigenvalue weighted by molar-refractivity contribution is 0.102. The third-order valence-corrected chi connectivity index (χ3v) is 6.35. The fraction of sp³-hybridized carbons (Fsp3) is 0.160. The number of aryl methyl sites for hydroxylation is 2. The van der Waals surface area contributed by atoms with E-state index >= 15 is 0 Å². The van der Waals surface area contributed by atoms with Crippen LogP contribution in [0.25, 0.3) is 22.2 Å². The summed E-state index contributed by atoms with van der Waals surface area (Å²) in [6, 6.07) is 19.7. The second-order valence-electron chi connectivity index (χ2n) is 7.15. The maximum absolute atomic E-state index is 13.3. The normalized spacial score (nSPS) is 10.7. The quantitative estimate of drug-likeness (QED) is 0.430. The number of aromatic nitrogens is 1. The van der Waals surface area contributed by atoms with Crippen LogP contribution in [0.2, 0.25) is 0 Å². The molecular weight excluding hydrogens is 390 g/mol. The molecule has 2 aromatic heterocycles. The molecule has 0 radical (unpaired) electrons. The zero-order valence-electron chi connectivity index (χ0n) is 17.1. The number of rotatable bonds is 4. The summed E-state index contributed by atoms with van der Waals surface area (Å²) < 4.78 is 0. The van der Waals surface area contributed by atoms with Crippen LogP contribution in [0.4, 0.5) is 5.00 Å². The Kier molecular flexibility index (Phi) is 5.35. The average molecular weight is 412 g/mol. The Balaban J connectivity index is 1.84. The average Bonchev–Trinajstić information content (AvgIpc) is 3.06. The smallest absolute Gasteiger partial charge is 0.257 e. The summed E-state index contributed by atoms with van der Waals surface area (Å²) in [5.41, 5.74) is 5.72. The molecule has 4 nitrogen and oxygen atoms in total. The molecule has 30 heavy (non-hydrogen) atoms. The number of carbonyl (C=O) groups is 1. The van der Waals surface area contributed by atoms with Crippen LogP contribution in [0.1, 0.15) is 38.8 Å². The van der Waals surface area contributed by atoms with Crippen LogP contribution < -0.4 is 5.32 Å². The topological polar surface area (TPSA) is 65.8 Å². The number of pyridine rings is 1. The number of nitrogens with one attached hydrogen (secondary N) is 1. The molecule has 4 rings (SSSR count). The van der Waals surface area contributed by atoms with Gasteiger partial charge in [-0.3, -0.25) is 4.79 Å². The minimum Gasteiger partial charge on any atom is -0.312 e. The van der Waals surface area contributed by atoms with Gasteiger partial charge in [-0.1, -0.05) is 49.4 Å². The largest absolute Gasteiger partial charge is 0.312 e. The molecule has 0 aliphatic heterocycles. The van der Waals surface area contributed by atoms with Gasteiger partial charge in [-0.15, -0.1) is 11.3 Å². The van der Waals surface area contributed by atoms with E-state index in [-0.39, 0.29) is 5.91 Å². The van der Waals surface area contributed by atoms with Gasteiger partial charge in [0.25, 0.3) is 5.91 Å². The number of hydrogen-bond donors (Lipinski definition) is 1. The molecule has 1 N–H and O–H groups in total.